The lowest BCUT2D eigenvalue weighted by Crippen LogP contribution is -2.37. The number of rotatable bonds is 6. The molecule has 0 radical (unpaired) electrons. The maximum Gasteiger partial charge on any atom is 0.325 e. The third kappa shape index (κ3) is 4.84. The first-order valence-electron chi connectivity index (χ1n) is 9.31. The number of hydrogen-bond donors (Lipinski definition) is 1. The average Bonchev–Trinajstić information content (AvgIpc) is 2.89. The highest BCUT2D eigenvalue weighted by molar-refractivity contribution is 5.76. The molecule has 0 saturated carbocycles. The van der Waals surface area contributed by atoms with Crippen molar-refractivity contribution >= 4 is 5.97 Å². The number of aromatic nitrogens is 1. The van der Waals surface area contributed by atoms with Crippen molar-refractivity contribution in [3.8, 4) is 5.75 Å². The topological polar surface area (TPSA) is 65.9 Å². The number of carbonyl (C=O) groups is 1. The summed E-state index contributed by atoms with van der Waals surface area (Å²) in [4.78, 5) is 20.6. The average molecular weight is 369 g/mol. The summed E-state index contributed by atoms with van der Waals surface area (Å²) >= 11 is 0. The van der Waals surface area contributed by atoms with Gasteiger partial charge in [-0.25, -0.2) is 0 Å². The molecule has 1 fully saturated rings. The molecule has 0 spiro atoms. The minimum Gasteiger partial charge on any atom is -0.497 e. The van der Waals surface area contributed by atoms with Crippen molar-refractivity contribution in [3.63, 3.8) is 0 Å². The molecule has 1 atom stereocenters. The van der Waals surface area contributed by atoms with Gasteiger partial charge in [-0.05, 0) is 60.8 Å². The summed E-state index contributed by atoms with van der Waals surface area (Å²) in [5.74, 6) is -0.0503. The lowest BCUT2D eigenvalue weighted by molar-refractivity contribution is -0.143. The summed E-state index contributed by atoms with van der Waals surface area (Å²) in [5.41, 5.74) is 3.02. The number of aryl methyl sites for hydroxylation is 1. The molecule has 1 N–H and O–H groups in total. The number of ether oxygens (including phenoxy) is 1. The molecule has 0 amide bonds. The summed E-state index contributed by atoms with van der Waals surface area (Å²) in [6.45, 7) is 6.13. The van der Waals surface area contributed by atoms with Crippen molar-refractivity contribution in [1.82, 2.24) is 14.8 Å². The molecular formula is C21H27N3O3. The Bertz CT molecular complexity index is 767. The lowest BCUT2D eigenvalue weighted by atomic mass is 9.99. The molecule has 1 unspecified atom stereocenters. The Kier molecular flexibility index (Phi) is 6.42. The third-order valence-corrected chi connectivity index (χ3v) is 5.15. The van der Waals surface area contributed by atoms with Gasteiger partial charge in [0.05, 0.1) is 7.11 Å². The number of pyridine rings is 1. The molecule has 0 bridgehead atoms. The third-order valence-electron chi connectivity index (χ3n) is 5.15. The van der Waals surface area contributed by atoms with Crippen molar-refractivity contribution in [2.24, 2.45) is 0 Å². The smallest absolute Gasteiger partial charge is 0.325 e. The molecule has 0 aliphatic carbocycles. The van der Waals surface area contributed by atoms with Crippen molar-refractivity contribution < 1.29 is 14.6 Å². The Morgan fingerprint density at radius 1 is 1.19 bits per heavy atom. The van der Waals surface area contributed by atoms with Gasteiger partial charge in [-0.3, -0.25) is 19.6 Å². The first kappa shape index (κ1) is 19.3. The number of carboxylic acids is 1. The van der Waals surface area contributed by atoms with Crippen LogP contribution in [0.15, 0.2) is 42.7 Å². The highest BCUT2D eigenvalue weighted by Gasteiger charge is 2.30. The van der Waals surface area contributed by atoms with Crippen LogP contribution in [0.4, 0.5) is 0 Å². The van der Waals surface area contributed by atoms with E-state index in [1.165, 1.54) is 5.56 Å². The highest BCUT2D eigenvalue weighted by atomic mass is 16.5. The van der Waals surface area contributed by atoms with Gasteiger partial charge in [0.25, 0.3) is 0 Å². The number of hydrogen-bond acceptors (Lipinski definition) is 5. The van der Waals surface area contributed by atoms with E-state index in [0.29, 0.717) is 0 Å². The van der Waals surface area contributed by atoms with E-state index < -0.39 is 12.0 Å². The van der Waals surface area contributed by atoms with Crippen molar-refractivity contribution in [2.75, 3.05) is 33.3 Å². The first-order valence-corrected chi connectivity index (χ1v) is 9.31. The van der Waals surface area contributed by atoms with Gasteiger partial charge in [0.15, 0.2) is 0 Å². The monoisotopic (exact) mass is 369 g/mol. The fraction of sp³-hybridized carbons (Fsp3) is 0.429. The van der Waals surface area contributed by atoms with Crippen molar-refractivity contribution in [1.29, 1.82) is 0 Å². The molecule has 27 heavy (non-hydrogen) atoms. The summed E-state index contributed by atoms with van der Waals surface area (Å²) in [7, 11) is 1.62. The molecule has 1 aliphatic heterocycles. The zero-order chi connectivity index (χ0) is 19.2. The van der Waals surface area contributed by atoms with E-state index in [1.54, 1.807) is 7.11 Å². The molecule has 144 valence electrons. The van der Waals surface area contributed by atoms with Gasteiger partial charge >= 0.3 is 5.97 Å². The second kappa shape index (κ2) is 8.97. The van der Waals surface area contributed by atoms with Crippen molar-refractivity contribution in [2.45, 2.75) is 25.9 Å². The van der Waals surface area contributed by atoms with Crippen LogP contribution in [-0.4, -0.2) is 59.1 Å². The van der Waals surface area contributed by atoms with E-state index in [4.69, 9.17) is 4.74 Å². The van der Waals surface area contributed by atoms with Gasteiger partial charge in [0.1, 0.15) is 11.8 Å². The Morgan fingerprint density at radius 3 is 2.63 bits per heavy atom. The molecule has 1 saturated heterocycles. The van der Waals surface area contributed by atoms with Crippen LogP contribution in [0, 0.1) is 6.92 Å². The normalized spacial score (nSPS) is 17.3. The minimum absolute atomic E-state index is 0.628. The maximum absolute atomic E-state index is 12.1. The maximum atomic E-state index is 12.1. The van der Waals surface area contributed by atoms with Gasteiger partial charge in [0, 0.05) is 38.6 Å². The number of benzene rings is 1. The molecule has 3 rings (SSSR count). The molecule has 2 aromatic rings. The Balaban J connectivity index is 1.72. The quantitative estimate of drug-likeness (QED) is 0.845. The Morgan fingerprint density at radius 2 is 1.96 bits per heavy atom. The van der Waals surface area contributed by atoms with Gasteiger partial charge in [-0.15, -0.1) is 0 Å². The molecule has 6 heteroatoms. The highest BCUT2D eigenvalue weighted by Crippen LogP contribution is 2.28. The predicted octanol–water partition coefficient (Wildman–Crippen LogP) is 2.73. The molecule has 2 heterocycles. The van der Waals surface area contributed by atoms with Gasteiger partial charge in [-0.2, -0.15) is 0 Å². The first-order chi connectivity index (χ1) is 13.1. The number of methoxy groups -OCH3 is 1. The van der Waals surface area contributed by atoms with Gasteiger partial charge in [0.2, 0.25) is 0 Å². The molecule has 6 nitrogen and oxygen atoms in total. The van der Waals surface area contributed by atoms with Crippen LogP contribution in [0.1, 0.15) is 29.2 Å². The van der Waals surface area contributed by atoms with Crippen LogP contribution >= 0.6 is 0 Å². The molecule has 1 aliphatic rings. The molecule has 1 aromatic heterocycles. The minimum atomic E-state index is -0.800. The second-order valence-corrected chi connectivity index (χ2v) is 6.98. The summed E-state index contributed by atoms with van der Waals surface area (Å²) in [6.07, 6.45) is 4.57. The van der Waals surface area contributed by atoms with Crippen LogP contribution in [-0.2, 0) is 11.3 Å². The van der Waals surface area contributed by atoms with E-state index in [1.807, 2.05) is 49.6 Å². The fourth-order valence-corrected chi connectivity index (χ4v) is 3.72. The standard InChI is InChI=1S/C21H27N3O3/c1-16-14-18(27-2)4-5-19(16)20(21(25)26)24-11-3-10-23(12-13-24)15-17-6-8-22-9-7-17/h4-9,14,20H,3,10-13,15H2,1-2H3,(H,25,26). The number of aliphatic carboxylic acids is 1. The van der Waals surface area contributed by atoms with Crippen LogP contribution in [0.5, 0.6) is 5.75 Å². The Labute approximate surface area is 160 Å². The van der Waals surface area contributed by atoms with E-state index in [9.17, 15) is 9.90 Å². The fourth-order valence-electron chi connectivity index (χ4n) is 3.72. The molecule has 1 aromatic carbocycles. The lowest BCUT2D eigenvalue weighted by Gasteiger charge is -2.29. The van der Waals surface area contributed by atoms with Gasteiger partial charge < -0.3 is 9.84 Å². The predicted molar refractivity (Wildman–Crippen MR) is 104 cm³/mol. The van der Waals surface area contributed by atoms with E-state index in [0.717, 1.165) is 56.0 Å². The number of carboxylic acid groups (broad SMARTS) is 1. The summed E-state index contributed by atoms with van der Waals surface area (Å²) in [6, 6.07) is 9.06. The van der Waals surface area contributed by atoms with E-state index in [2.05, 4.69) is 14.8 Å². The van der Waals surface area contributed by atoms with Crippen LogP contribution in [0.2, 0.25) is 0 Å². The molecular weight excluding hydrogens is 342 g/mol. The van der Waals surface area contributed by atoms with Crippen LogP contribution in [0.3, 0.4) is 0 Å². The van der Waals surface area contributed by atoms with E-state index >= 15 is 0 Å². The van der Waals surface area contributed by atoms with E-state index in [-0.39, 0.29) is 0 Å². The zero-order valence-corrected chi connectivity index (χ0v) is 16.0. The second-order valence-electron chi connectivity index (χ2n) is 6.98. The zero-order valence-electron chi connectivity index (χ0n) is 16.0. The summed E-state index contributed by atoms with van der Waals surface area (Å²) < 4.78 is 5.25. The van der Waals surface area contributed by atoms with Crippen molar-refractivity contribution in [3.05, 3.63) is 59.4 Å². The largest absolute Gasteiger partial charge is 0.497 e. The summed E-state index contributed by atoms with van der Waals surface area (Å²) in [5, 5.41) is 9.93. The number of nitrogens with zero attached hydrogens (tertiary/aromatic N) is 3. The Hall–Kier alpha value is -2.44. The van der Waals surface area contributed by atoms with Gasteiger partial charge in [-0.1, -0.05) is 6.07 Å². The SMILES string of the molecule is COc1ccc(C(C(=O)O)N2CCCN(Cc3ccncc3)CC2)c(C)c1. The van der Waals surface area contributed by atoms with Crippen LogP contribution in [0.25, 0.3) is 0 Å². The van der Waals surface area contributed by atoms with Crippen LogP contribution < -0.4 is 4.74 Å².